The summed E-state index contributed by atoms with van der Waals surface area (Å²) in [6, 6.07) is 11.6. The molecule has 0 aliphatic carbocycles. The smallest absolute Gasteiger partial charge is 0.137 e. The zero-order chi connectivity index (χ0) is 24.0. The Labute approximate surface area is 196 Å². The first-order chi connectivity index (χ1) is 16.4. The third-order valence-electron chi connectivity index (χ3n) is 6.24. The molecule has 1 N–H and O–H groups in total. The van der Waals surface area contributed by atoms with Gasteiger partial charge in [0.25, 0.3) is 0 Å². The maximum atomic E-state index is 14.2. The summed E-state index contributed by atoms with van der Waals surface area (Å²) in [4.78, 5) is 7.87. The second-order valence-corrected chi connectivity index (χ2v) is 8.45. The van der Waals surface area contributed by atoms with E-state index in [1.54, 1.807) is 11.8 Å². The van der Waals surface area contributed by atoms with Gasteiger partial charge in [0.2, 0.25) is 0 Å². The first-order valence-corrected chi connectivity index (χ1v) is 11.0. The number of halogens is 2. The van der Waals surface area contributed by atoms with E-state index in [0.29, 0.717) is 0 Å². The van der Waals surface area contributed by atoms with Crippen LogP contribution in [0.1, 0.15) is 22.5 Å². The van der Waals surface area contributed by atoms with Crippen LogP contribution in [0.15, 0.2) is 54.9 Å². The zero-order valence-corrected chi connectivity index (χ0v) is 19.4. The summed E-state index contributed by atoms with van der Waals surface area (Å²) in [7, 11) is 1.66. The van der Waals surface area contributed by atoms with Gasteiger partial charge in [-0.2, -0.15) is 5.10 Å². The number of hydrogen-bond donors (Lipinski definition) is 1. The second-order valence-electron chi connectivity index (χ2n) is 8.45. The number of fused-ring (bicyclic) bond motifs is 1. The molecule has 3 heterocycles. The molecule has 0 saturated heterocycles. The molecule has 0 saturated carbocycles. The van der Waals surface area contributed by atoms with Crippen LogP contribution in [0.3, 0.4) is 0 Å². The van der Waals surface area contributed by atoms with Crippen LogP contribution < -0.4 is 4.74 Å². The lowest BCUT2D eigenvalue weighted by Crippen LogP contribution is -2.06. The molecule has 5 aromatic rings. The number of benzene rings is 2. The Morgan fingerprint density at radius 1 is 1.00 bits per heavy atom. The van der Waals surface area contributed by atoms with Crippen LogP contribution in [0.25, 0.3) is 33.3 Å². The van der Waals surface area contributed by atoms with Gasteiger partial charge in [0.15, 0.2) is 0 Å². The van der Waals surface area contributed by atoms with E-state index in [-0.39, 0.29) is 12.1 Å². The van der Waals surface area contributed by atoms with E-state index in [4.69, 9.17) is 4.74 Å². The molecule has 2 aromatic carbocycles. The number of hydrogen-bond acceptors (Lipinski definition) is 3. The van der Waals surface area contributed by atoms with E-state index >= 15 is 0 Å². The Morgan fingerprint density at radius 3 is 2.59 bits per heavy atom. The summed E-state index contributed by atoms with van der Waals surface area (Å²) in [5.41, 5.74) is 7.71. The standard InChI is InChI=1S/C27H24F2N4O/c1-15-9-18(5-8-25(15)34-4)19-11-22-23(13-31-27(22)30-12-19)26-16(2)32-33(17(26)3)14-20-10-21(28)6-7-24(20)29/h5-13H,14H2,1-4H3,(H,30,31). The molecule has 34 heavy (non-hydrogen) atoms. The molecule has 5 nitrogen and oxygen atoms in total. The van der Waals surface area contributed by atoms with Crippen molar-refractivity contribution in [2.75, 3.05) is 7.11 Å². The van der Waals surface area contributed by atoms with Gasteiger partial charge in [0.05, 0.1) is 19.3 Å². The molecule has 0 atom stereocenters. The number of nitrogens with zero attached hydrogens (tertiary/aromatic N) is 3. The molecule has 0 unspecified atom stereocenters. The maximum Gasteiger partial charge on any atom is 0.137 e. The molecule has 0 spiro atoms. The Bertz CT molecular complexity index is 1530. The molecule has 0 bridgehead atoms. The van der Waals surface area contributed by atoms with E-state index < -0.39 is 11.6 Å². The summed E-state index contributed by atoms with van der Waals surface area (Å²) < 4.78 is 35.0. The Balaban J connectivity index is 1.58. The van der Waals surface area contributed by atoms with Gasteiger partial charge in [0.1, 0.15) is 23.0 Å². The number of pyridine rings is 1. The number of aromatic nitrogens is 4. The SMILES string of the molecule is COc1ccc(-c2cnc3[nH]cc(-c4c(C)nn(Cc5cc(F)ccc5F)c4C)c3c2)cc1C. The minimum absolute atomic E-state index is 0.146. The van der Waals surface area contributed by atoms with Gasteiger partial charge in [-0.1, -0.05) is 6.07 Å². The molecule has 0 aliphatic rings. The number of nitrogens with one attached hydrogen (secondary N) is 1. The van der Waals surface area contributed by atoms with Crippen LogP contribution in [0.4, 0.5) is 8.78 Å². The number of rotatable bonds is 5. The zero-order valence-electron chi connectivity index (χ0n) is 19.4. The monoisotopic (exact) mass is 458 g/mol. The molecular weight excluding hydrogens is 434 g/mol. The lowest BCUT2D eigenvalue weighted by Gasteiger charge is -2.09. The predicted octanol–water partition coefficient (Wildman–Crippen LogP) is 6.35. The van der Waals surface area contributed by atoms with Gasteiger partial charge in [-0.3, -0.25) is 4.68 Å². The molecule has 0 aliphatic heterocycles. The fourth-order valence-electron chi connectivity index (χ4n) is 4.49. The highest BCUT2D eigenvalue weighted by atomic mass is 19.1. The van der Waals surface area contributed by atoms with Crippen LogP contribution in [0.5, 0.6) is 5.75 Å². The van der Waals surface area contributed by atoms with Gasteiger partial charge in [-0.25, -0.2) is 13.8 Å². The fourth-order valence-corrected chi connectivity index (χ4v) is 4.49. The van der Waals surface area contributed by atoms with Crippen LogP contribution >= 0.6 is 0 Å². The van der Waals surface area contributed by atoms with Gasteiger partial charge in [0, 0.05) is 45.7 Å². The van der Waals surface area contributed by atoms with Crippen molar-refractivity contribution in [1.29, 1.82) is 0 Å². The Kier molecular flexibility index (Phi) is 5.40. The molecule has 0 amide bonds. The molecular formula is C27H24F2N4O. The number of methoxy groups -OCH3 is 1. The van der Waals surface area contributed by atoms with Gasteiger partial charge in [-0.05, 0) is 68.3 Å². The summed E-state index contributed by atoms with van der Waals surface area (Å²) in [6.45, 7) is 6.02. The van der Waals surface area contributed by atoms with Crippen LogP contribution in [0, 0.1) is 32.4 Å². The second kappa shape index (κ2) is 8.41. The highest BCUT2D eigenvalue weighted by Crippen LogP contribution is 2.35. The van der Waals surface area contributed by atoms with Crippen molar-refractivity contribution in [2.45, 2.75) is 27.3 Å². The molecule has 0 radical (unpaired) electrons. The summed E-state index contributed by atoms with van der Waals surface area (Å²) in [5.74, 6) is -0.0816. The highest BCUT2D eigenvalue weighted by Gasteiger charge is 2.19. The summed E-state index contributed by atoms with van der Waals surface area (Å²) in [5, 5.41) is 5.60. The molecule has 0 fully saturated rings. The minimum Gasteiger partial charge on any atom is -0.496 e. The summed E-state index contributed by atoms with van der Waals surface area (Å²) in [6.07, 6.45) is 3.77. The third kappa shape index (κ3) is 3.73. The largest absolute Gasteiger partial charge is 0.496 e. The van der Waals surface area contributed by atoms with Crippen LogP contribution in [-0.4, -0.2) is 26.9 Å². The lowest BCUT2D eigenvalue weighted by molar-refractivity contribution is 0.412. The number of aryl methyl sites for hydroxylation is 2. The first kappa shape index (κ1) is 21.8. The van der Waals surface area contributed by atoms with Crippen molar-refractivity contribution in [3.63, 3.8) is 0 Å². The van der Waals surface area contributed by atoms with Gasteiger partial charge >= 0.3 is 0 Å². The van der Waals surface area contributed by atoms with Crippen molar-refractivity contribution in [3.05, 3.63) is 89.0 Å². The van der Waals surface area contributed by atoms with Crippen molar-refractivity contribution >= 4 is 11.0 Å². The fraction of sp³-hybridized carbons (Fsp3) is 0.185. The average molecular weight is 459 g/mol. The molecule has 172 valence electrons. The van der Waals surface area contributed by atoms with E-state index in [9.17, 15) is 8.78 Å². The van der Waals surface area contributed by atoms with Gasteiger partial charge < -0.3 is 9.72 Å². The van der Waals surface area contributed by atoms with Crippen LogP contribution in [-0.2, 0) is 6.54 Å². The normalized spacial score (nSPS) is 11.4. The maximum absolute atomic E-state index is 14.2. The van der Waals surface area contributed by atoms with E-state index in [1.165, 1.54) is 6.07 Å². The van der Waals surface area contributed by atoms with Gasteiger partial charge in [-0.15, -0.1) is 0 Å². The van der Waals surface area contributed by atoms with Crippen molar-refractivity contribution in [2.24, 2.45) is 0 Å². The summed E-state index contributed by atoms with van der Waals surface area (Å²) >= 11 is 0. The van der Waals surface area contributed by atoms with Crippen molar-refractivity contribution in [1.82, 2.24) is 19.7 Å². The quantitative estimate of drug-likeness (QED) is 0.334. The molecule has 5 rings (SSSR count). The average Bonchev–Trinajstić information content (AvgIpc) is 3.35. The molecule has 7 heteroatoms. The Hall–Kier alpha value is -4.00. The number of H-pyrrole nitrogens is 1. The number of aromatic amines is 1. The van der Waals surface area contributed by atoms with Crippen LogP contribution in [0.2, 0.25) is 0 Å². The minimum atomic E-state index is -0.470. The number of ether oxygens (including phenoxy) is 1. The third-order valence-corrected chi connectivity index (χ3v) is 6.24. The van der Waals surface area contributed by atoms with E-state index in [0.717, 1.165) is 68.1 Å². The van der Waals surface area contributed by atoms with Crippen molar-refractivity contribution < 1.29 is 13.5 Å². The van der Waals surface area contributed by atoms with E-state index in [1.807, 2.05) is 45.3 Å². The molecule has 3 aromatic heterocycles. The first-order valence-electron chi connectivity index (χ1n) is 11.0. The lowest BCUT2D eigenvalue weighted by atomic mass is 10.00. The predicted molar refractivity (Wildman–Crippen MR) is 129 cm³/mol. The highest BCUT2D eigenvalue weighted by molar-refractivity contribution is 5.97. The van der Waals surface area contributed by atoms with E-state index in [2.05, 4.69) is 27.2 Å². The topological polar surface area (TPSA) is 55.7 Å². The Morgan fingerprint density at radius 2 is 1.82 bits per heavy atom. The van der Waals surface area contributed by atoms with Crippen molar-refractivity contribution in [3.8, 4) is 28.0 Å².